The number of hydrogen-bond acceptors (Lipinski definition) is 3. The number of benzene rings is 1. The zero-order chi connectivity index (χ0) is 12.4. The lowest BCUT2D eigenvalue weighted by Gasteiger charge is -2.35. The van der Waals surface area contributed by atoms with E-state index in [-0.39, 0.29) is 0 Å². The predicted octanol–water partition coefficient (Wildman–Crippen LogP) is 2.06. The van der Waals surface area contributed by atoms with Crippen molar-refractivity contribution in [2.75, 3.05) is 7.11 Å². The Morgan fingerprint density at radius 1 is 1.31 bits per heavy atom. The van der Waals surface area contributed by atoms with Crippen molar-refractivity contribution >= 4 is 17.6 Å². The zero-order valence-electron chi connectivity index (χ0n) is 9.53. The fraction of sp³-hybridized carbons (Fsp3) is 0.417. The predicted molar refractivity (Wildman–Crippen MR) is 62.3 cm³/mol. The first-order valence-electron chi connectivity index (χ1n) is 4.89. The average molecular weight is 243 g/mol. The molecule has 0 radical (unpaired) electrons. The van der Waals surface area contributed by atoms with Crippen LogP contribution in [0.1, 0.15) is 19.4 Å². The van der Waals surface area contributed by atoms with E-state index in [1.807, 2.05) is 6.07 Å². The quantitative estimate of drug-likeness (QED) is 0.652. The summed E-state index contributed by atoms with van der Waals surface area (Å²) in [4.78, 5) is 10.0. The van der Waals surface area contributed by atoms with Crippen LogP contribution in [0.5, 0.6) is 0 Å². The lowest BCUT2D eigenvalue weighted by Crippen LogP contribution is -2.49. The number of carbonyl (C=O) groups is 1. The second kappa shape index (κ2) is 4.44. The Labute approximate surface area is 100.0 Å². The molecule has 1 aromatic carbocycles. The topological polar surface area (TPSA) is 46.5 Å². The van der Waals surface area contributed by atoms with Crippen LogP contribution < -0.4 is 0 Å². The van der Waals surface area contributed by atoms with E-state index in [1.165, 1.54) is 21.0 Å². The van der Waals surface area contributed by atoms with E-state index in [2.05, 4.69) is 4.74 Å². The van der Waals surface area contributed by atoms with Crippen molar-refractivity contribution in [3.05, 3.63) is 35.9 Å². The minimum atomic E-state index is -1.52. The summed E-state index contributed by atoms with van der Waals surface area (Å²) >= 11 is 6.09. The number of hydrogen-bond donors (Lipinski definition) is 1. The van der Waals surface area contributed by atoms with Crippen molar-refractivity contribution in [1.29, 1.82) is 0 Å². The third-order valence-electron chi connectivity index (χ3n) is 2.82. The van der Waals surface area contributed by atoms with Crippen LogP contribution in [0.4, 0.5) is 0 Å². The molecule has 2 atom stereocenters. The maximum Gasteiger partial charge on any atom is 0.330 e. The van der Waals surface area contributed by atoms with Crippen molar-refractivity contribution in [3.63, 3.8) is 0 Å². The van der Waals surface area contributed by atoms with Gasteiger partial charge in [-0.1, -0.05) is 30.3 Å². The number of halogens is 1. The second-order valence-electron chi connectivity index (χ2n) is 3.93. The van der Waals surface area contributed by atoms with Gasteiger partial charge in [-0.05, 0) is 19.4 Å². The number of methoxy groups -OCH3 is 1. The van der Waals surface area contributed by atoms with Crippen LogP contribution in [0.25, 0.3) is 0 Å². The largest absolute Gasteiger partial charge is 0.468 e. The average Bonchev–Trinajstić information content (AvgIpc) is 2.28. The van der Waals surface area contributed by atoms with Crippen molar-refractivity contribution in [2.45, 2.75) is 24.3 Å². The van der Waals surface area contributed by atoms with Crippen LogP contribution in [-0.4, -0.2) is 23.1 Å². The first kappa shape index (κ1) is 13.0. The molecule has 0 aliphatic rings. The van der Waals surface area contributed by atoms with Crippen LogP contribution in [0, 0.1) is 0 Å². The Kier molecular flexibility index (Phi) is 3.61. The summed E-state index contributed by atoms with van der Waals surface area (Å²) in [6.07, 6.45) is 0. The first-order valence-corrected chi connectivity index (χ1v) is 5.27. The highest BCUT2D eigenvalue weighted by atomic mass is 35.5. The third kappa shape index (κ3) is 2.06. The molecule has 0 saturated carbocycles. The van der Waals surface area contributed by atoms with Gasteiger partial charge in [0.2, 0.25) is 0 Å². The van der Waals surface area contributed by atoms with E-state index in [4.69, 9.17) is 11.6 Å². The smallest absolute Gasteiger partial charge is 0.330 e. The molecule has 0 aliphatic heterocycles. The first-order chi connectivity index (χ1) is 7.34. The monoisotopic (exact) mass is 242 g/mol. The minimum absolute atomic E-state index is 0.568. The molecular formula is C12H15ClO3. The molecule has 0 heterocycles. The summed E-state index contributed by atoms with van der Waals surface area (Å²) in [5, 5.41) is 10.4. The van der Waals surface area contributed by atoms with Gasteiger partial charge in [0.25, 0.3) is 0 Å². The maximum atomic E-state index is 11.5. The Hall–Kier alpha value is -1.06. The Morgan fingerprint density at radius 2 is 1.81 bits per heavy atom. The third-order valence-corrected chi connectivity index (χ3v) is 3.34. The van der Waals surface area contributed by atoms with Crippen molar-refractivity contribution < 1.29 is 14.6 Å². The SMILES string of the molecule is COC(=O)C(C)(Cl)C(C)(O)c1ccccc1. The van der Waals surface area contributed by atoms with Gasteiger partial charge in [0.05, 0.1) is 7.11 Å². The zero-order valence-corrected chi connectivity index (χ0v) is 10.3. The molecule has 16 heavy (non-hydrogen) atoms. The van der Waals surface area contributed by atoms with E-state index in [9.17, 15) is 9.90 Å². The lowest BCUT2D eigenvalue weighted by molar-refractivity contribution is -0.151. The summed E-state index contributed by atoms with van der Waals surface area (Å²) in [5.74, 6) is -0.664. The molecule has 3 nitrogen and oxygen atoms in total. The molecule has 0 aromatic heterocycles. The van der Waals surface area contributed by atoms with Gasteiger partial charge < -0.3 is 9.84 Å². The number of aliphatic hydroxyl groups is 1. The van der Waals surface area contributed by atoms with E-state index in [0.717, 1.165) is 0 Å². The molecule has 4 heteroatoms. The molecule has 0 aliphatic carbocycles. The van der Waals surface area contributed by atoms with Crippen molar-refractivity contribution in [1.82, 2.24) is 0 Å². The summed E-state index contributed by atoms with van der Waals surface area (Å²) < 4.78 is 4.59. The van der Waals surface area contributed by atoms with Gasteiger partial charge in [-0.3, -0.25) is 4.79 Å². The summed E-state index contributed by atoms with van der Waals surface area (Å²) in [5.41, 5.74) is -0.930. The molecule has 1 aromatic rings. The van der Waals surface area contributed by atoms with Crippen LogP contribution >= 0.6 is 11.6 Å². The van der Waals surface area contributed by atoms with Gasteiger partial charge in [-0.15, -0.1) is 11.6 Å². The highest BCUT2D eigenvalue weighted by Crippen LogP contribution is 2.38. The van der Waals surface area contributed by atoms with Gasteiger partial charge in [-0.2, -0.15) is 0 Å². The Morgan fingerprint density at radius 3 is 2.25 bits per heavy atom. The van der Waals surface area contributed by atoms with Gasteiger partial charge in [0.15, 0.2) is 4.87 Å². The molecule has 2 unspecified atom stereocenters. The van der Waals surface area contributed by atoms with Crippen LogP contribution in [0.15, 0.2) is 30.3 Å². The highest BCUT2D eigenvalue weighted by molar-refractivity contribution is 6.34. The Bertz CT molecular complexity index is 371. The summed E-state index contributed by atoms with van der Waals surface area (Å²) in [6, 6.07) is 8.79. The standard InChI is InChI=1S/C12H15ClO3/c1-11(13,10(14)16-3)12(2,15)9-7-5-4-6-8-9/h4-8,15H,1-3H3. The van der Waals surface area contributed by atoms with Gasteiger partial charge in [-0.25, -0.2) is 0 Å². The normalized spacial score (nSPS) is 18.3. The molecular weight excluding hydrogens is 228 g/mol. The van der Waals surface area contributed by atoms with E-state index >= 15 is 0 Å². The van der Waals surface area contributed by atoms with Crippen LogP contribution in [-0.2, 0) is 15.1 Å². The number of ether oxygens (including phenoxy) is 1. The second-order valence-corrected chi connectivity index (χ2v) is 4.69. The van der Waals surface area contributed by atoms with E-state index < -0.39 is 16.4 Å². The molecule has 88 valence electrons. The number of alkyl halides is 1. The fourth-order valence-corrected chi connectivity index (χ4v) is 1.61. The van der Waals surface area contributed by atoms with Crippen molar-refractivity contribution in [3.8, 4) is 0 Å². The maximum absolute atomic E-state index is 11.5. The summed E-state index contributed by atoms with van der Waals surface area (Å²) in [7, 11) is 1.24. The van der Waals surface area contributed by atoms with Gasteiger partial charge in [0, 0.05) is 0 Å². The number of carbonyl (C=O) groups excluding carboxylic acids is 1. The van der Waals surface area contributed by atoms with Crippen LogP contribution in [0.3, 0.4) is 0 Å². The van der Waals surface area contributed by atoms with Crippen molar-refractivity contribution in [2.24, 2.45) is 0 Å². The molecule has 0 saturated heterocycles. The molecule has 0 bridgehead atoms. The Balaban J connectivity index is 3.16. The summed E-state index contributed by atoms with van der Waals surface area (Å²) in [6.45, 7) is 2.93. The fourth-order valence-electron chi connectivity index (χ4n) is 1.42. The highest BCUT2D eigenvalue weighted by Gasteiger charge is 2.50. The lowest BCUT2D eigenvalue weighted by atomic mass is 9.83. The van der Waals surface area contributed by atoms with Crippen LogP contribution in [0.2, 0.25) is 0 Å². The molecule has 0 amide bonds. The molecule has 0 spiro atoms. The van der Waals surface area contributed by atoms with E-state index in [0.29, 0.717) is 5.56 Å². The minimum Gasteiger partial charge on any atom is -0.468 e. The number of rotatable bonds is 3. The van der Waals surface area contributed by atoms with Gasteiger partial charge in [0.1, 0.15) is 5.60 Å². The van der Waals surface area contributed by atoms with Gasteiger partial charge >= 0.3 is 5.97 Å². The molecule has 1 rings (SSSR count). The molecule has 1 N–H and O–H groups in total. The van der Waals surface area contributed by atoms with E-state index in [1.54, 1.807) is 24.3 Å². The number of esters is 1. The molecule has 0 fully saturated rings.